The first-order valence-electron chi connectivity index (χ1n) is 8.53. The van der Waals surface area contributed by atoms with Crippen LogP contribution in [0.15, 0.2) is 18.2 Å². The lowest BCUT2D eigenvalue weighted by molar-refractivity contribution is -0.0511. The van der Waals surface area contributed by atoms with Crippen LogP contribution < -0.4 is 4.74 Å². The highest BCUT2D eigenvalue weighted by atomic mass is 19.1. The molecule has 5 nitrogen and oxygen atoms in total. The number of ether oxygens (including phenoxy) is 3. The van der Waals surface area contributed by atoms with Crippen LogP contribution in [0.3, 0.4) is 0 Å². The van der Waals surface area contributed by atoms with E-state index in [1.165, 1.54) is 19.2 Å². The van der Waals surface area contributed by atoms with Gasteiger partial charge in [-0.2, -0.15) is 0 Å². The third-order valence-electron chi connectivity index (χ3n) is 4.40. The van der Waals surface area contributed by atoms with Crippen LogP contribution in [0.25, 0.3) is 5.57 Å². The molecule has 0 aromatic heterocycles. The lowest BCUT2D eigenvalue weighted by Gasteiger charge is -2.44. The van der Waals surface area contributed by atoms with Gasteiger partial charge in [0.25, 0.3) is 0 Å². The summed E-state index contributed by atoms with van der Waals surface area (Å²) in [5.41, 5.74) is -0.219. The maximum Gasteiger partial charge on any atom is 0.411 e. The Morgan fingerprint density at radius 1 is 1.27 bits per heavy atom. The quantitative estimate of drug-likeness (QED) is 0.799. The molecule has 1 amide bonds. The Morgan fingerprint density at radius 3 is 2.62 bits per heavy atom. The highest BCUT2D eigenvalue weighted by molar-refractivity contribution is 5.75. The second-order valence-corrected chi connectivity index (χ2v) is 7.48. The molecule has 0 spiro atoms. The molecule has 0 radical (unpaired) electrons. The van der Waals surface area contributed by atoms with E-state index in [1.54, 1.807) is 31.7 Å². The minimum atomic E-state index is -0.733. The number of fused-ring (bicyclic) bond motifs is 2. The molecule has 2 unspecified atom stereocenters. The number of hydrogen-bond acceptors (Lipinski definition) is 4. The van der Waals surface area contributed by atoms with E-state index in [9.17, 15) is 13.6 Å². The average molecular weight is 367 g/mol. The van der Waals surface area contributed by atoms with Gasteiger partial charge in [0.2, 0.25) is 0 Å². The Hall–Kier alpha value is -2.15. The lowest BCUT2D eigenvalue weighted by atomic mass is 9.89. The summed E-state index contributed by atoms with van der Waals surface area (Å²) < 4.78 is 44.9. The maximum absolute atomic E-state index is 14.6. The number of carbonyl (C=O) groups excluding carboxylic acids is 1. The van der Waals surface area contributed by atoms with Crippen LogP contribution in [0.2, 0.25) is 0 Å². The Bertz CT molecular complexity index is 742. The number of hydrogen-bond donors (Lipinski definition) is 0. The first-order chi connectivity index (χ1) is 12.2. The molecule has 1 fully saturated rings. The normalized spacial score (nSPS) is 22.7. The minimum absolute atomic E-state index is 0.0155. The summed E-state index contributed by atoms with van der Waals surface area (Å²) in [6, 6.07) is 1.67. The summed E-state index contributed by atoms with van der Waals surface area (Å²) in [6.07, 6.45) is 1.51. The SMILES string of the molecule is COc1ccc(F)c(C2=CC3COCC(C2)N3C(=O)OC(C)(C)C)c1F. The monoisotopic (exact) mass is 367 g/mol. The summed E-state index contributed by atoms with van der Waals surface area (Å²) in [5.74, 6) is -1.40. The zero-order valence-corrected chi connectivity index (χ0v) is 15.3. The van der Waals surface area contributed by atoms with Crippen LogP contribution in [-0.4, -0.2) is 49.0 Å². The molecular formula is C19H23F2NO4. The number of benzene rings is 1. The molecule has 0 N–H and O–H groups in total. The summed E-state index contributed by atoms with van der Waals surface area (Å²) in [6.45, 7) is 5.93. The van der Waals surface area contributed by atoms with Gasteiger partial charge in [-0.3, -0.25) is 4.90 Å². The van der Waals surface area contributed by atoms with Crippen molar-refractivity contribution in [3.05, 3.63) is 35.4 Å². The van der Waals surface area contributed by atoms with Gasteiger partial charge in [0, 0.05) is 0 Å². The van der Waals surface area contributed by atoms with Crippen LogP contribution in [0.4, 0.5) is 13.6 Å². The van der Waals surface area contributed by atoms with Crippen molar-refractivity contribution in [2.75, 3.05) is 20.3 Å². The van der Waals surface area contributed by atoms with Crippen molar-refractivity contribution in [2.45, 2.75) is 44.9 Å². The van der Waals surface area contributed by atoms with Crippen LogP contribution in [0, 0.1) is 11.6 Å². The van der Waals surface area contributed by atoms with Gasteiger partial charge in [-0.25, -0.2) is 13.6 Å². The number of rotatable bonds is 2. The second-order valence-electron chi connectivity index (χ2n) is 7.48. The summed E-state index contributed by atoms with van der Waals surface area (Å²) >= 11 is 0. The molecule has 2 aliphatic rings. The van der Waals surface area contributed by atoms with Gasteiger partial charge >= 0.3 is 6.09 Å². The van der Waals surface area contributed by atoms with Crippen molar-refractivity contribution in [2.24, 2.45) is 0 Å². The number of methoxy groups -OCH3 is 1. The smallest absolute Gasteiger partial charge is 0.411 e. The molecule has 2 heterocycles. The Labute approximate surface area is 151 Å². The fraction of sp³-hybridized carbons (Fsp3) is 0.526. The number of morpholine rings is 1. The molecule has 1 aromatic carbocycles. The van der Waals surface area contributed by atoms with Crippen LogP contribution in [-0.2, 0) is 9.47 Å². The molecule has 142 valence electrons. The third-order valence-corrected chi connectivity index (χ3v) is 4.40. The molecule has 2 atom stereocenters. The predicted molar refractivity (Wildman–Crippen MR) is 92.0 cm³/mol. The molecule has 0 aliphatic carbocycles. The van der Waals surface area contributed by atoms with Gasteiger partial charge < -0.3 is 14.2 Å². The van der Waals surface area contributed by atoms with E-state index in [0.717, 1.165) is 0 Å². The van der Waals surface area contributed by atoms with E-state index in [4.69, 9.17) is 14.2 Å². The van der Waals surface area contributed by atoms with Crippen molar-refractivity contribution in [3.8, 4) is 5.75 Å². The fourth-order valence-electron chi connectivity index (χ4n) is 3.37. The van der Waals surface area contributed by atoms with Crippen molar-refractivity contribution >= 4 is 11.7 Å². The lowest BCUT2D eigenvalue weighted by Crippen LogP contribution is -2.57. The molecule has 2 aliphatic heterocycles. The largest absolute Gasteiger partial charge is 0.494 e. The van der Waals surface area contributed by atoms with E-state index in [-0.39, 0.29) is 30.4 Å². The molecule has 26 heavy (non-hydrogen) atoms. The first kappa shape index (κ1) is 18.6. The Kier molecular flexibility index (Phi) is 4.92. The average Bonchev–Trinajstić information content (AvgIpc) is 2.52. The van der Waals surface area contributed by atoms with E-state index < -0.39 is 29.4 Å². The summed E-state index contributed by atoms with van der Waals surface area (Å²) in [5, 5.41) is 0. The molecule has 2 bridgehead atoms. The second kappa shape index (κ2) is 6.87. The van der Waals surface area contributed by atoms with Crippen LogP contribution in [0.5, 0.6) is 5.75 Å². The molecule has 7 heteroatoms. The van der Waals surface area contributed by atoms with Gasteiger partial charge in [-0.1, -0.05) is 6.08 Å². The van der Waals surface area contributed by atoms with Gasteiger partial charge in [0.15, 0.2) is 11.6 Å². The van der Waals surface area contributed by atoms with Gasteiger partial charge in [0.05, 0.1) is 38.0 Å². The molecule has 1 aromatic rings. The van der Waals surface area contributed by atoms with Crippen molar-refractivity contribution < 1.29 is 27.8 Å². The molecular weight excluding hydrogens is 344 g/mol. The zero-order valence-electron chi connectivity index (χ0n) is 15.3. The van der Waals surface area contributed by atoms with Crippen LogP contribution in [0.1, 0.15) is 32.8 Å². The highest BCUT2D eigenvalue weighted by Crippen LogP contribution is 2.37. The Morgan fingerprint density at radius 2 is 2.00 bits per heavy atom. The molecule has 1 saturated heterocycles. The van der Waals surface area contributed by atoms with Crippen molar-refractivity contribution in [1.82, 2.24) is 4.90 Å². The topological polar surface area (TPSA) is 48.0 Å². The Balaban J connectivity index is 1.96. The van der Waals surface area contributed by atoms with Crippen LogP contribution >= 0.6 is 0 Å². The number of carbonyl (C=O) groups is 1. The number of halogens is 2. The molecule has 0 saturated carbocycles. The van der Waals surface area contributed by atoms with Crippen molar-refractivity contribution in [1.29, 1.82) is 0 Å². The van der Waals surface area contributed by atoms with E-state index >= 15 is 0 Å². The third kappa shape index (κ3) is 3.53. The minimum Gasteiger partial charge on any atom is -0.494 e. The standard InChI is InChI=1S/C19H23F2NO4/c1-19(2,3)26-18(23)22-12-7-11(8-13(22)10-25-9-12)16-14(20)5-6-15(24-4)17(16)21/h5-7,12-13H,8-10H2,1-4H3. The van der Waals surface area contributed by atoms with Crippen molar-refractivity contribution in [3.63, 3.8) is 0 Å². The summed E-state index contributed by atoms with van der Waals surface area (Å²) in [7, 11) is 1.34. The molecule has 3 rings (SSSR count). The number of nitrogens with zero attached hydrogens (tertiary/aromatic N) is 1. The maximum atomic E-state index is 14.6. The fourth-order valence-corrected chi connectivity index (χ4v) is 3.37. The summed E-state index contributed by atoms with van der Waals surface area (Å²) in [4.78, 5) is 14.2. The predicted octanol–water partition coefficient (Wildman–Crippen LogP) is 3.77. The van der Waals surface area contributed by atoms with Gasteiger partial charge in [-0.05, 0) is 44.9 Å². The zero-order chi connectivity index (χ0) is 19.1. The van der Waals surface area contributed by atoms with E-state index in [0.29, 0.717) is 12.2 Å². The van der Waals surface area contributed by atoms with Gasteiger partial charge in [0.1, 0.15) is 11.4 Å². The van der Waals surface area contributed by atoms with E-state index in [1.807, 2.05) is 0 Å². The van der Waals surface area contributed by atoms with Gasteiger partial charge in [-0.15, -0.1) is 0 Å². The number of amides is 1. The first-order valence-corrected chi connectivity index (χ1v) is 8.53. The van der Waals surface area contributed by atoms with E-state index in [2.05, 4.69) is 0 Å². The highest BCUT2D eigenvalue weighted by Gasteiger charge is 2.41.